The minimum absolute atomic E-state index is 0.0440. The number of primary amides is 1. The molecule has 0 aliphatic carbocycles. The van der Waals surface area contributed by atoms with Gasteiger partial charge in [-0.1, -0.05) is 19.1 Å². The second kappa shape index (κ2) is 6.76. The van der Waals surface area contributed by atoms with E-state index in [1.165, 1.54) is 0 Å². The van der Waals surface area contributed by atoms with Crippen LogP contribution in [-0.2, 0) is 11.3 Å². The molecule has 0 heterocycles. The summed E-state index contributed by atoms with van der Waals surface area (Å²) in [6, 6.07) is 6.89. The van der Waals surface area contributed by atoms with E-state index in [0.717, 1.165) is 5.56 Å². The van der Waals surface area contributed by atoms with Crippen LogP contribution in [0.5, 0.6) is 0 Å². The number of carbonyl (C=O) groups excluding carboxylic acids is 2. The Morgan fingerprint density at radius 1 is 1.39 bits per heavy atom. The number of benzene rings is 1. The zero-order valence-electron chi connectivity index (χ0n) is 10.5. The molecule has 0 aromatic heterocycles. The maximum atomic E-state index is 11.5. The summed E-state index contributed by atoms with van der Waals surface area (Å²) in [5, 5.41) is 2.78. The highest BCUT2D eigenvalue weighted by Gasteiger charge is 2.07. The first-order valence-corrected chi connectivity index (χ1v) is 5.88. The quantitative estimate of drug-likeness (QED) is 0.680. The van der Waals surface area contributed by atoms with Crippen LogP contribution in [0.15, 0.2) is 24.3 Å². The number of carbonyl (C=O) groups is 2. The molecule has 0 aliphatic rings. The molecule has 5 heteroatoms. The first kappa shape index (κ1) is 14.2. The highest BCUT2D eigenvalue weighted by molar-refractivity contribution is 5.92. The molecular weight excluding hydrogens is 230 g/mol. The first-order chi connectivity index (χ1) is 8.52. The van der Waals surface area contributed by atoms with Gasteiger partial charge in [0.25, 0.3) is 0 Å². The Kier molecular flexibility index (Phi) is 5.32. The molecule has 18 heavy (non-hydrogen) atoms. The number of nitrogens with one attached hydrogen (secondary N) is 1. The third kappa shape index (κ3) is 4.55. The lowest BCUT2D eigenvalue weighted by Crippen LogP contribution is -2.26. The molecule has 1 rings (SSSR count). The van der Waals surface area contributed by atoms with Gasteiger partial charge in [0.05, 0.1) is 0 Å². The highest BCUT2D eigenvalue weighted by atomic mass is 16.1. The van der Waals surface area contributed by atoms with Gasteiger partial charge < -0.3 is 16.8 Å². The third-order valence-electron chi connectivity index (χ3n) is 2.64. The van der Waals surface area contributed by atoms with Crippen LogP contribution < -0.4 is 16.8 Å². The molecule has 1 aromatic rings. The molecule has 1 unspecified atom stereocenters. The van der Waals surface area contributed by atoms with Crippen LogP contribution in [0.3, 0.4) is 0 Å². The number of nitrogens with two attached hydrogens (primary N) is 2. The normalized spacial score (nSPS) is 11.9. The summed E-state index contributed by atoms with van der Waals surface area (Å²) in [4.78, 5) is 22.5. The molecule has 98 valence electrons. The van der Waals surface area contributed by atoms with E-state index in [0.29, 0.717) is 25.1 Å². The Labute approximate surface area is 107 Å². The molecule has 2 amide bonds. The molecule has 0 saturated heterocycles. The number of hydrogen-bond acceptors (Lipinski definition) is 3. The molecule has 0 spiro atoms. The van der Waals surface area contributed by atoms with Crippen LogP contribution in [0.2, 0.25) is 0 Å². The summed E-state index contributed by atoms with van der Waals surface area (Å²) >= 11 is 0. The van der Waals surface area contributed by atoms with Crippen molar-refractivity contribution in [1.29, 1.82) is 0 Å². The zero-order valence-corrected chi connectivity index (χ0v) is 10.5. The predicted molar refractivity (Wildman–Crippen MR) is 69.6 cm³/mol. The van der Waals surface area contributed by atoms with Gasteiger partial charge in [0.15, 0.2) is 0 Å². The van der Waals surface area contributed by atoms with E-state index in [4.69, 9.17) is 11.5 Å². The largest absolute Gasteiger partial charge is 0.366 e. The van der Waals surface area contributed by atoms with Gasteiger partial charge in [-0.15, -0.1) is 0 Å². The average molecular weight is 249 g/mol. The van der Waals surface area contributed by atoms with Gasteiger partial charge in [-0.05, 0) is 30.2 Å². The number of hydrogen-bond donors (Lipinski definition) is 3. The third-order valence-corrected chi connectivity index (χ3v) is 2.64. The van der Waals surface area contributed by atoms with Crippen molar-refractivity contribution >= 4 is 11.8 Å². The van der Waals surface area contributed by atoms with Gasteiger partial charge >= 0.3 is 0 Å². The van der Waals surface area contributed by atoms with Crippen molar-refractivity contribution in [2.75, 3.05) is 6.54 Å². The summed E-state index contributed by atoms with van der Waals surface area (Å²) in [7, 11) is 0. The fourth-order valence-corrected chi connectivity index (χ4v) is 1.51. The summed E-state index contributed by atoms with van der Waals surface area (Å²) < 4.78 is 0. The molecular formula is C13H19N3O2. The van der Waals surface area contributed by atoms with Gasteiger partial charge in [0.1, 0.15) is 0 Å². The average Bonchev–Trinajstić information content (AvgIpc) is 2.36. The lowest BCUT2D eigenvalue weighted by molar-refractivity contribution is -0.122. The Morgan fingerprint density at radius 2 is 2.11 bits per heavy atom. The van der Waals surface area contributed by atoms with E-state index < -0.39 is 5.91 Å². The van der Waals surface area contributed by atoms with Crippen molar-refractivity contribution in [3.8, 4) is 0 Å². The van der Waals surface area contributed by atoms with Gasteiger partial charge in [0.2, 0.25) is 11.8 Å². The van der Waals surface area contributed by atoms with Crippen LogP contribution in [0.4, 0.5) is 0 Å². The smallest absolute Gasteiger partial charge is 0.248 e. The second-order valence-electron chi connectivity index (χ2n) is 4.39. The predicted octanol–water partition coefficient (Wildman–Crippen LogP) is 0.387. The summed E-state index contributed by atoms with van der Waals surface area (Å²) in [6.07, 6.45) is 0.409. The standard InChI is InChI=1S/C13H19N3O2/c1-9(7-14)5-12(17)16-8-10-3-2-4-11(6-10)13(15)18/h2-4,6,9H,5,7-8,14H2,1H3,(H2,15,18)(H,16,17). The fraction of sp³-hybridized carbons (Fsp3) is 0.385. The van der Waals surface area contributed by atoms with Crippen LogP contribution in [0, 0.1) is 5.92 Å². The second-order valence-corrected chi connectivity index (χ2v) is 4.39. The molecule has 0 bridgehead atoms. The van der Waals surface area contributed by atoms with Gasteiger partial charge in [-0.2, -0.15) is 0 Å². The van der Waals surface area contributed by atoms with Crippen molar-refractivity contribution < 1.29 is 9.59 Å². The number of rotatable bonds is 6. The van der Waals surface area contributed by atoms with Crippen LogP contribution in [-0.4, -0.2) is 18.4 Å². The van der Waals surface area contributed by atoms with Gasteiger partial charge in [-0.3, -0.25) is 9.59 Å². The molecule has 5 nitrogen and oxygen atoms in total. The van der Waals surface area contributed by atoms with Crippen LogP contribution in [0.25, 0.3) is 0 Å². The Hall–Kier alpha value is -1.88. The first-order valence-electron chi connectivity index (χ1n) is 5.88. The monoisotopic (exact) mass is 249 g/mol. The SMILES string of the molecule is CC(CN)CC(=O)NCc1cccc(C(N)=O)c1. The summed E-state index contributed by atoms with van der Waals surface area (Å²) in [5.74, 6) is -0.348. The highest BCUT2D eigenvalue weighted by Crippen LogP contribution is 2.05. The molecule has 0 aliphatic heterocycles. The Morgan fingerprint density at radius 3 is 2.72 bits per heavy atom. The minimum atomic E-state index is -0.472. The van der Waals surface area contributed by atoms with Crippen molar-refractivity contribution in [2.45, 2.75) is 19.9 Å². The van der Waals surface area contributed by atoms with Crippen LogP contribution in [0.1, 0.15) is 29.3 Å². The van der Waals surface area contributed by atoms with E-state index >= 15 is 0 Å². The van der Waals surface area contributed by atoms with Crippen molar-refractivity contribution in [3.63, 3.8) is 0 Å². The zero-order chi connectivity index (χ0) is 13.5. The molecule has 1 atom stereocenters. The van der Waals surface area contributed by atoms with E-state index in [2.05, 4.69) is 5.32 Å². The molecule has 0 radical (unpaired) electrons. The van der Waals surface area contributed by atoms with E-state index in [1.54, 1.807) is 18.2 Å². The van der Waals surface area contributed by atoms with E-state index in [-0.39, 0.29) is 11.8 Å². The molecule has 5 N–H and O–H groups in total. The van der Waals surface area contributed by atoms with Gasteiger partial charge in [-0.25, -0.2) is 0 Å². The Balaban J connectivity index is 2.50. The minimum Gasteiger partial charge on any atom is -0.366 e. The van der Waals surface area contributed by atoms with Crippen molar-refractivity contribution in [3.05, 3.63) is 35.4 Å². The summed E-state index contributed by atoms with van der Waals surface area (Å²) in [6.45, 7) is 2.80. The molecule has 1 aromatic carbocycles. The van der Waals surface area contributed by atoms with E-state index in [9.17, 15) is 9.59 Å². The topological polar surface area (TPSA) is 98.2 Å². The lowest BCUT2D eigenvalue weighted by atomic mass is 10.1. The fourth-order valence-electron chi connectivity index (χ4n) is 1.51. The Bertz CT molecular complexity index is 432. The van der Waals surface area contributed by atoms with Crippen molar-refractivity contribution in [2.24, 2.45) is 17.4 Å². The summed E-state index contributed by atoms with van der Waals surface area (Å²) in [5.41, 5.74) is 11.9. The maximum Gasteiger partial charge on any atom is 0.248 e. The maximum absolute atomic E-state index is 11.5. The lowest BCUT2D eigenvalue weighted by Gasteiger charge is -2.09. The number of amides is 2. The van der Waals surface area contributed by atoms with E-state index in [1.807, 2.05) is 13.0 Å². The van der Waals surface area contributed by atoms with Crippen LogP contribution >= 0.6 is 0 Å². The molecule has 0 fully saturated rings. The van der Waals surface area contributed by atoms with Crippen molar-refractivity contribution in [1.82, 2.24) is 5.32 Å². The van der Waals surface area contributed by atoms with Gasteiger partial charge in [0, 0.05) is 18.5 Å². The molecule has 0 saturated carbocycles.